The lowest BCUT2D eigenvalue weighted by atomic mass is 10.3. The molecule has 0 amide bonds. The summed E-state index contributed by atoms with van der Waals surface area (Å²) in [5.74, 6) is -0.493. The molecule has 0 radical (unpaired) electrons. The minimum Gasteiger partial charge on any atom is -0.406 e. The minimum atomic E-state index is -4.83. The lowest BCUT2D eigenvalue weighted by Gasteiger charge is -2.10. The number of halogens is 3. The van der Waals surface area contributed by atoms with Crippen LogP contribution in [0.15, 0.2) is 52.9 Å². The van der Waals surface area contributed by atoms with Gasteiger partial charge in [0.25, 0.3) is 10.0 Å². The number of sulfonamides is 1. The fourth-order valence-corrected chi connectivity index (χ4v) is 3.72. The van der Waals surface area contributed by atoms with Gasteiger partial charge in [-0.15, -0.1) is 24.5 Å². The van der Waals surface area contributed by atoms with Crippen LogP contribution >= 0.6 is 11.3 Å². The number of anilines is 1. The highest BCUT2D eigenvalue weighted by Gasteiger charge is 2.31. The van der Waals surface area contributed by atoms with Gasteiger partial charge in [-0.1, -0.05) is 0 Å². The summed E-state index contributed by atoms with van der Waals surface area (Å²) in [4.78, 5) is 3.91. The largest absolute Gasteiger partial charge is 0.573 e. The van der Waals surface area contributed by atoms with Crippen molar-refractivity contribution in [1.82, 2.24) is 4.98 Å². The van der Waals surface area contributed by atoms with Gasteiger partial charge in [-0.05, 0) is 42.5 Å². The number of alkyl halides is 3. The van der Waals surface area contributed by atoms with Crippen molar-refractivity contribution < 1.29 is 26.3 Å². The number of aromatic nitrogens is 1. The highest BCUT2D eigenvalue weighted by atomic mass is 32.2. The van der Waals surface area contributed by atoms with E-state index in [1.807, 2.05) is 0 Å². The molecule has 3 rings (SSSR count). The SMILES string of the molecule is O=S(=O)(Nc1ccc2ncsc2c1)c1ccc(OC(F)(F)F)cc1. The highest BCUT2D eigenvalue weighted by molar-refractivity contribution is 7.92. The second-order valence-electron chi connectivity index (χ2n) is 4.66. The molecular formula is C14H9F3N2O3S2. The predicted octanol–water partition coefficient (Wildman–Crippen LogP) is 4.00. The zero-order valence-corrected chi connectivity index (χ0v) is 13.4. The number of nitrogens with zero attached hydrogens (tertiary/aromatic N) is 1. The van der Waals surface area contributed by atoms with E-state index in [1.54, 1.807) is 23.7 Å². The van der Waals surface area contributed by atoms with E-state index in [0.29, 0.717) is 5.69 Å². The summed E-state index contributed by atoms with van der Waals surface area (Å²) in [6.07, 6.45) is -4.83. The zero-order valence-electron chi connectivity index (χ0n) is 11.7. The molecular weight excluding hydrogens is 365 g/mol. The molecule has 1 aromatic heterocycles. The fourth-order valence-electron chi connectivity index (χ4n) is 1.95. The first-order valence-corrected chi connectivity index (χ1v) is 8.81. The monoisotopic (exact) mass is 374 g/mol. The Morgan fingerprint density at radius 2 is 1.79 bits per heavy atom. The Morgan fingerprint density at radius 1 is 1.08 bits per heavy atom. The molecule has 0 unspecified atom stereocenters. The average Bonchev–Trinajstić information content (AvgIpc) is 2.93. The van der Waals surface area contributed by atoms with Crippen LogP contribution in [0, 0.1) is 0 Å². The first-order valence-electron chi connectivity index (χ1n) is 6.45. The molecule has 0 aliphatic carbocycles. The van der Waals surface area contributed by atoms with Crippen molar-refractivity contribution in [1.29, 1.82) is 0 Å². The lowest BCUT2D eigenvalue weighted by Crippen LogP contribution is -2.17. The summed E-state index contributed by atoms with van der Waals surface area (Å²) < 4.78 is 67.8. The van der Waals surface area contributed by atoms with Crippen molar-refractivity contribution in [3.63, 3.8) is 0 Å². The van der Waals surface area contributed by atoms with Gasteiger partial charge in [0, 0.05) is 0 Å². The van der Waals surface area contributed by atoms with Crippen molar-refractivity contribution in [3.8, 4) is 5.75 Å². The van der Waals surface area contributed by atoms with Gasteiger partial charge in [0.05, 0.1) is 26.3 Å². The Kier molecular flexibility index (Phi) is 4.10. The molecule has 0 atom stereocenters. The highest BCUT2D eigenvalue weighted by Crippen LogP contribution is 2.26. The van der Waals surface area contributed by atoms with E-state index >= 15 is 0 Å². The molecule has 1 heterocycles. The maximum Gasteiger partial charge on any atom is 0.573 e. The number of hydrogen-bond acceptors (Lipinski definition) is 5. The van der Waals surface area contributed by atoms with E-state index in [1.165, 1.54) is 11.3 Å². The summed E-state index contributed by atoms with van der Waals surface area (Å²) in [6, 6.07) is 8.81. The third kappa shape index (κ3) is 3.77. The van der Waals surface area contributed by atoms with Gasteiger partial charge in [-0.3, -0.25) is 4.72 Å². The average molecular weight is 374 g/mol. The van der Waals surface area contributed by atoms with Gasteiger partial charge in [0.1, 0.15) is 5.75 Å². The normalized spacial score (nSPS) is 12.3. The smallest absolute Gasteiger partial charge is 0.406 e. The number of hydrogen-bond donors (Lipinski definition) is 1. The second-order valence-corrected chi connectivity index (χ2v) is 7.23. The first-order chi connectivity index (χ1) is 11.2. The van der Waals surface area contributed by atoms with E-state index in [9.17, 15) is 21.6 Å². The van der Waals surface area contributed by atoms with Crippen LogP contribution in [0.1, 0.15) is 0 Å². The molecule has 0 saturated heterocycles. The van der Waals surface area contributed by atoms with E-state index in [2.05, 4.69) is 14.4 Å². The molecule has 2 aromatic carbocycles. The molecule has 126 valence electrons. The quantitative estimate of drug-likeness (QED) is 0.750. The van der Waals surface area contributed by atoms with Crippen LogP contribution in [0.4, 0.5) is 18.9 Å². The molecule has 0 aliphatic heterocycles. The third-order valence-electron chi connectivity index (χ3n) is 2.95. The van der Waals surface area contributed by atoms with E-state index in [-0.39, 0.29) is 4.90 Å². The number of rotatable bonds is 4. The summed E-state index contributed by atoms with van der Waals surface area (Å²) in [5, 5.41) is 0. The van der Waals surface area contributed by atoms with Crippen molar-refractivity contribution in [2.24, 2.45) is 0 Å². The lowest BCUT2D eigenvalue weighted by molar-refractivity contribution is -0.274. The van der Waals surface area contributed by atoms with Gasteiger partial charge in [0.2, 0.25) is 0 Å². The van der Waals surface area contributed by atoms with Crippen molar-refractivity contribution in [2.75, 3.05) is 4.72 Å². The van der Waals surface area contributed by atoms with Crippen molar-refractivity contribution >= 4 is 37.3 Å². The van der Waals surface area contributed by atoms with Gasteiger partial charge >= 0.3 is 6.36 Å². The molecule has 0 spiro atoms. The van der Waals surface area contributed by atoms with Gasteiger partial charge in [-0.25, -0.2) is 13.4 Å². The second kappa shape index (κ2) is 5.95. The van der Waals surface area contributed by atoms with Crippen LogP contribution in [0.2, 0.25) is 0 Å². The third-order valence-corrected chi connectivity index (χ3v) is 5.14. The fraction of sp³-hybridized carbons (Fsp3) is 0.0714. The zero-order chi connectivity index (χ0) is 17.4. The molecule has 24 heavy (non-hydrogen) atoms. The number of fused-ring (bicyclic) bond motifs is 1. The maximum absolute atomic E-state index is 12.3. The molecule has 5 nitrogen and oxygen atoms in total. The van der Waals surface area contributed by atoms with Gasteiger partial charge < -0.3 is 4.74 Å². The number of benzene rings is 2. The molecule has 3 aromatic rings. The summed E-state index contributed by atoms with van der Waals surface area (Å²) in [6.45, 7) is 0. The Morgan fingerprint density at radius 3 is 2.46 bits per heavy atom. The Balaban J connectivity index is 1.81. The van der Waals surface area contributed by atoms with Crippen LogP contribution in [0.25, 0.3) is 10.2 Å². The topological polar surface area (TPSA) is 68.3 Å². The van der Waals surface area contributed by atoms with Crippen LogP contribution in [0.3, 0.4) is 0 Å². The van der Waals surface area contributed by atoms with E-state index in [0.717, 1.165) is 34.5 Å². The Hall–Kier alpha value is -2.33. The number of nitrogens with one attached hydrogen (secondary N) is 1. The molecule has 10 heteroatoms. The van der Waals surface area contributed by atoms with E-state index < -0.39 is 22.1 Å². The molecule has 0 aliphatic rings. The summed E-state index contributed by atoms with van der Waals surface area (Å²) >= 11 is 1.36. The number of thiazole rings is 1. The molecule has 1 N–H and O–H groups in total. The Bertz CT molecular complexity index is 967. The molecule has 0 bridgehead atoms. The van der Waals surface area contributed by atoms with Crippen LogP contribution in [-0.4, -0.2) is 19.8 Å². The van der Waals surface area contributed by atoms with Gasteiger partial charge in [-0.2, -0.15) is 0 Å². The van der Waals surface area contributed by atoms with Crippen molar-refractivity contribution in [3.05, 3.63) is 48.0 Å². The summed E-state index contributed by atoms with van der Waals surface area (Å²) in [7, 11) is -3.93. The van der Waals surface area contributed by atoms with Crippen LogP contribution in [0.5, 0.6) is 5.75 Å². The maximum atomic E-state index is 12.3. The minimum absolute atomic E-state index is 0.179. The standard InChI is InChI=1S/C14H9F3N2O3S2/c15-14(16,17)22-10-2-4-11(5-3-10)24(20,21)19-9-1-6-12-13(7-9)23-8-18-12/h1-8,19H. The first kappa shape index (κ1) is 16.5. The van der Waals surface area contributed by atoms with Crippen LogP contribution < -0.4 is 9.46 Å². The molecule has 0 saturated carbocycles. The van der Waals surface area contributed by atoms with Gasteiger partial charge in [0.15, 0.2) is 0 Å². The summed E-state index contributed by atoms with van der Waals surface area (Å²) in [5.41, 5.74) is 2.72. The van der Waals surface area contributed by atoms with Crippen LogP contribution in [-0.2, 0) is 10.0 Å². The van der Waals surface area contributed by atoms with E-state index in [4.69, 9.17) is 0 Å². The Labute approximate surface area is 138 Å². The molecule has 0 fully saturated rings. The predicted molar refractivity (Wildman–Crippen MR) is 83.6 cm³/mol. The number of ether oxygens (including phenoxy) is 1. The van der Waals surface area contributed by atoms with Crippen molar-refractivity contribution in [2.45, 2.75) is 11.3 Å².